The number of carbonyl (C=O) groups is 3. The fourth-order valence-electron chi connectivity index (χ4n) is 6.45. The van der Waals surface area contributed by atoms with E-state index in [1.165, 1.54) is 4.57 Å². The Hall–Kier alpha value is -2.98. The number of anilines is 1. The second-order valence-corrected chi connectivity index (χ2v) is 10.7. The molecule has 35 heavy (non-hydrogen) atoms. The first kappa shape index (κ1) is 22.5. The first-order valence-electron chi connectivity index (χ1n) is 12.6. The number of aryl methyl sites for hydroxylation is 1. The number of rotatable bonds is 4. The number of nitrogens with one attached hydrogen (secondary N) is 2. The number of carbonyl (C=O) groups excluding carboxylic acids is 3. The molecule has 0 radical (unpaired) electrons. The van der Waals surface area contributed by atoms with Gasteiger partial charge in [-0.15, -0.1) is 0 Å². The number of hydrogen-bond acceptors (Lipinski definition) is 7. The second kappa shape index (κ2) is 8.30. The smallest absolute Gasteiger partial charge is 0.329 e. The lowest BCUT2D eigenvalue weighted by Gasteiger charge is -2.39. The van der Waals surface area contributed by atoms with E-state index in [-0.39, 0.29) is 23.4 Å². The van der Waals surface area contributed by atoms with E-state index < -0.39 is 11.9 Å². The molecule has 1 aliphatic carbocycles. The van der Waals surface area contributed by atoms with Crippen molar-refractivity contribution in [2.45, 2.75) is 31.7 Å². The Kier molecular flexibility index (Phi) is 5.33. The number of ketones is 1. The number of amides is 2. The molecular formula is C25H32N6O4. The van der Waals surface area contributed by atoms with Crippen LogP contribution in [0.25, 0.3) is 11.0 Å². The highest BCUT2D eigenvalue weighted by Crippen LogP contribution is 2.42. The van der Waals surface area contributed by atoms with Gasteiger partial charge < -0.3 is 10.2 Å². The molecule has 2 N–H and O–H groups in total. The van der Waals surface area contributed by atoms with Gasteiger partial charge in [-0.25, -0.2) is 4.79 Å². The Labute approximate surface area is 203 Å². The summed E-state index contributed by atoms with van der Waals surface area (Å²) in [6, 6.07) is 5.29. The Morgan fingerprint density at radius 3 is 2.46 bits per heavy atom. The summed E-state index contributed by atoms with van der Waals surface area (Å²) in [6.07, 6.45) is 2.30. The maximum Gasteiger partial charge on any atom is 0.329 e. The summed E-state index contributed by atoms with van der Waals surface area (Å²) in [7, 11) is 1.72. The summed E-state index contributed by atoms with van der Waals surface area (Å²) < 4.78 is 3.10. The van der Waals surface area contributed by atoms with Crippen molar-refractivity contribution in [1.82, 2.24) is 24.7 Å². The lowest BCUT2D eigenvalue weighted by molar-refractivity contribution is -0.135. The lowest BCUT2D eigenvalue weighted by Crippen LogP contribution is -2.56. The average molecular weight is 481 g/mol. The molecule has 1 aromatic heterocycles. The number of fused-ring (bicyclic) bond motifs is 1. The molecule has 4 aliphatic rings. The van der Waals surface area contributed by atoms with Crippen molar-refractivity contribution in [3.63, 3.8) is 0 Å². The number of benzene rings is 1. The van der Waals surface area contributed by atoms with Crippen LogP contribution >= 0.6 is 0 Å². The molecule has 2 aromatic rings. The van der Waals surface area contributed by atoms with E-state index in [2.05, 4.69) is 20.4 Å². The normalized spacial score (nSPS) is 27.0. The maximum atomic E-state index is 13.0. The van der Waals surface area contributed by atoms with Crippen molar-refractivity contribution < 1.29 is 14.4 Å². The van der Waals surface area contributed by atoms with Crippen molar-refractivity contribution in [3.05, 3.63) is 28.7 Å². The molecule has 2 amide bonds. The summed E-state index contributed by atoms with van der Waals surface area (Å²) in [4.78, 5) is 54.2. The molecule has 10 nitrogen and oxygen atoms in total. The monoisotopic (exact) mass is 480 g/mol. The number of imide groups is 1. The van der Waals surface area contributed by atoms with E-state index in [1.54, 1.807) is 11.6 Å². The zero-order valence-electron chi connectivity index (χ0n) is 20.1. The van der Waals surface area contributed by atoms with Crippen LogP contribution in [0.3, 0.4) is 0 Å². The van der Waals surface area contributed by atoms with Crippen LogP contribution < -0.4 is 21.2 Å². The average Bonchev–Trinajstić information content (AvgIpc) is 3.28. The molecule has 0 bridgehead atoms. The number of aromatic nitrogens is 2. The number of Topliss-reactive ketones (excluding diaryl/α,β-unsaturated/α-hetero) is 1. The van der Waals surface area contributed by atoms with Gasteiger partial charge in [0.05, 0.1) is 16.4 Å². The first-order valence-corrected chi connectivity index (χ1v) is 12.6. The van der Waals surface area contributed by atoms with Gasteiger partial charge in [0.2, 0.25) is 11.8 Å². The van der Waals surface area contributed by atoms with Gasteiger partial charge in [-0.3, -0.25) is 33.7 Å². The van der Waals surface area contributed by atoms with Crippen LogP contribution in [0.15, 0.2) is 23.0 Å². The van der Waals surface area contributed by atoms with Crippen molar-refractivity contribution >= 4 is 34.3 Å². The molecule has 1 spiro atoms. The summed E-state index contributed by atoms with van der Waals surface area (Å²) in [5.41, 5.74) is 2.23. The number of hydrogen-bond donors (Lipinski definition) is 2. The van der Waals surface area contributed by atoms with E-state index in [0.29, 0.717) is 23.6 Å². The maximum absolute atomic E-state index is 13.0. The molecule has 3 saturated heterocycles. The molecular weight excluding hydrogens is 448 g/mol. The number of imidazole rings is 1. The minimum absolute atomic E-state index is 0.0674. The lowest BCUT2D eigenvalue weighted by atomic mass is 9.78. The van der Waals surface area contributed by atoms with E-state index in [1.807, 2.05) is 18.2 Å². The quantitative estimate of drug-likeness (QED) is 0.594. The summed E-state index contributed by atoms with van der Waals surface area (Å²) in [6.45, 7) is 6.37. The molecule has 2 atom stereocenters. The predicted octanol–water partition coefficient (Wildman–Crippen LogP) is 0.00840. The fraction of sp³-hybridized carbons (Fsp3) is 0.600. The second-order valence-electron chi connectivity index (χ2n) is 10.7. The SMILES string of the molecule is Cn1c(=O)n(C2CCC(=O)NC2=O)c2ccc(N3CCN(CC4CC(=O)C5(CNC5)C4)CC3)cc21. The minimum Gasteiger partial charge on any atom is -0.369 e. The van der Waals surface area contributed by atoms with Gasteiger partial charge in [-0.1, -0.05) is 0 Å². The van der Waals surface area contributed by atoms with E-state index >= 15 is 0 Å². The molecule has 4 heterocycles. The van der Waals surface area contributed by atoms with Crippen molar-refractivity contribution in [2.75, 3.05) is 50.7 Å². The van der Waals surface area contributed by atoms with Crippen LogP contribution in [0, 0.1) is 11.3 Å². The third-order valence-corrected chi connectivity index (χ3v) is 8.52. The van der Waals surface area contributed by atoms with Crippen LogP contribution in [-0.4, -0.2) is 77.4 Å². The minimum atomic E-state index is -0.671. The van der Waals surface area contributed by atoms with Crippen molar-refractivity contribution in [1.29, 1.82) is 0 Å². The number of piperidine rings is 1. The van der Waals surface area contributed by atoms with Crippen LogP contribution in [-0.2, 0) is 21.4 Å². The Morgan fingerprint density at radius 2 is 1.80 bits per heavy atom. The van der Waals surface area contributed by atoms with Gasteiger partial charge in [-0.05, 0) is 37.0 Å². The number of piperazine rings is 1. The Bertz CT molecular complexity index is 1270. The fourth-order valence-corrected chi connectivity index (χ4v) is 6.45. The topological polar surface area (TPSA) is 109 Å². The highest BCUT2D eigenvalue weighted by atomic mass is 16.2. The Balaban J connectivity index is 1.15. The summed E-state index contributed by atoms with van der Waals surface area (Å²) in [5, 5.41) is 5.62. The van der Waals surface area contributed by atoms with E-state index in [4.69, 9.17) is 0 Å². The summed E-state index contributed by atoms with van der Waals surface area (Å²) >= 11 is 0. The largest absolute Gasteiger partial charge is 0.369 e. The van der Waals surface area contributed by atoms with Gasteiger partial charge in [0.1, 0.15) is 11.8 Å². The highest BCUT2D eigenvalue weighted by molar-refractivity contribution is 6.00. The van der Waals surface area contributed by atoms with Crippen LogP contribution in [0.4, 0.5) is 5.69 Å². The van der Waals surface area contributed by atoms with Crippen molar-refractivity contribution in [2.24, 2.45) is 18.4 Å². The summed E-state index contributed by atoms with van der Waals surface area (Å²) in [5.74, 6) is 0.205. The molecule has 6 rings (SSSR count). The van der Waals surface area contributed by atoms with Gasteiger partial charge >= 0.3 is 5.69 Å². The molecule has 186 valence electrons. The highest BCUT2D eigenvalue weighted by Gasteiger charge is 2.50. The molecule has 2 unspecified atom stereocenters. The molecule has 1 aromatic carbocycles. The van der Waals surface area contributed by atoms with Gasteiger partial charge in [-0.2, -0.15) is 0 Å². The first-order chi connectivity index (χ1) is 16.8. The van der Waals surface area contributed by atoms with Crippen LogP contribution in [0.1, 0.15) is 31.7 Å². The van der Waals surface area contributed by atoms with Gasteiger partial charge in [0.25, 0.3) is 0 Å². The van der Waals surface area contributed by atoms with Gasteiger partial charge in [0, 0.05) is 71.4 Å². The van der Waals surface area contributed by atoms with Gasteiger partial charge in [0.15, 0.2) is 0 Å². The third kappa shape index (κ3) is 3.70. The molecule has 10 heteroatoms. The zero-order valence-corrected chi connectivity index (χ0v) is 20.1. The number of nitrogens with zero attached hydrogens (tertiary/aromatic N) is 4. The molecule has 3 aliphatic heterocycles. The molecule has 1 saturated carbocycles. The van der Waals surface area contributed by atoms with E-state index in [9.17, 15) is 19.2 Å². The van der Waals surface area contributed by atoms with E-state index in [0.717, 1.165) is 69.9 Å². The standard InChI is InChI=1S/C25H32N6O4/c1-28-20-11-17(2-3-18(20)31(24(28)35)19-4-5-22(33)27-23(19)34)30-8-6-29(7-9-30)13-16-10-21(32)25(12-16)14-26-15-25/h2-3,11,16,19,26H,4-10,12-15H2,1H3,(H,27,33,34). The Morgan fingerprint density at radius 1 is 1.03 bits per heavy atom. The van der Waals surface area contributed by atoms with Crippen molar-refractivity contribution in [3.8, 4) is 0 Å². The third-order valence-electron chi connectivity index (χ3n) is 8.52. The van der Waals surface area contributed by atoms with Crippen LogP contribution in [0.5, 0.6) is 0 Å². The predicted molar refractivity (Wildman–Crippen MR) is 130 cm³/mol. The van der Waals surface area contributed by atoms with Crippen LogP contribution in [0.2, 0.25) is 0 Å². The molecule has 4 fully saturated rings. The zero-order chi connectivity index (χ0) is 24.3.